The summed E-state index contributed by atoms with van der Waals surface area (Å²) in [5, 5.41) is 9.47. The number of allylic oxidation sites excluding steroid dienone is 2. The normalized spacial score (nSPS) is 23.1. The smallest absolute Gasteiger partial charge is 0.0959 e. The van der Waals surface area contributed by atoms with Crippen LogP contribution in [0.2, 0.25) is 0 Å². The van der Waals surface area contributed by atoms with Gasteiger partial charge in [0.15, 0.2) is 0 Å². The van der Waals surface area contributed by atoms with Crippen molar-refractivity contribution in [2.75, 3.05) is 0 Å². The van der Waals surface area contributed by atoms with Gasteiger partial charge in [-0.1, -0.05) is 25.4 Å². The van der Waals surface area contributed by atoms with Crippen molar-refractivity contribution in [3.63, 3.8) is 0 Å². The van der Waals surface area contributed by atoms with Crippen LogP contribution in [0.3, 0.4) is 0 Å². The maximum Gasteiger partial charge on any atom is 0.0959 e. The van der Waals surface area contributed by atoms with E-state index < -0.39 is 0 Å². The molecule has 0 spiro atoms. The molecule has 1 aliphatic carbocycles. The quantitative estimate of drug-likeness (QED) is 0.546. The zero-order chi connectivity index (χ0) is 8.48. The SMILES string of the molecule is CC1(C)CCC(Cl)=C(C#N)C1. The lowest BCUT2D eigenvalue weighted by molar-refractivity contribution is 0.322. The van der Waals surface area contributed by atoms with Crippen LogP contribution < -0.4 is 0 Å². The molecule has 0 saturated carbocycles. The molecule has 11 heavy (non-hydrogen) atoms. The Morgan fingerprint density at radius 1 is 1.55 bits per heavy atom. The highest BCUT2D eigenvalue weighted by Crippen LogP contribution is 2.39. The van der Waals surface area contributed by atoms with Gasteiger partial charge >= 0.3 is 0 Å². The van der Waals surface area contributed by atoms with Crippen LogP contribution in [0.25, 0.3) is 0 Å². The topological polar surface area (TPSA) is 23.8 Å². The van der Waals surface area contributed by atoms with Crippen LogP contribution in [0.5, 0.6) is 0 Å². The van der Waals surface area contributed by atoms with Gasteiger partial charge in [0.2, 0.25) is 0 Å². The van der Waals surface area contributed by atoms with Crippen molar-refractivity contribution in [1.29, 1.82) is 5.26 Å². The van der Waals surface area contributed by atoms with Gasteiger partial charge in [-0.2, -0.15) is 5.26 Å². The van der Waals surface area contributed by atoms with Gasteiger partial charge in [0, 0.05) is 10.6 Å². The Kier molecular flexibility index (Phi) is 2.25. The Morgan fingerprint density at radius 2 is 2.18 bits per heavy atom. The summed E-state index contributed by atoms with van der Waals surface area (Å²) in [5.74, 6) is 0. The van der Waals surface area contributed by atoms with Crippen molar-refractivity contribution in [1.82, 2.24) is 0 Å². The van der Waals surface area contributed by atoms with Crippen molar-refractivity contribution in [2.24, 2.45) is 5.41 Å². The van der Waals surface area contributed by atoms with Gasteiger partial charge in [0.1, 0.15) is 0 Å². The Balaban J connectivity index is 2.84. The molecule has 0 heterocycles. The molecule has 0 aliphatic heterocycles. The molecule has 0 atom stereocenters. The molecule has 1 aliphatic rings. The van der Waals surface area contributed by atoms with Crippen molar-refractivity contribution < 1.29 is 0 Å². The second-order valence-corrected chi connectivity index (χ2v) is 4.29. The average Bonchev–Trinajstić information content (AvgIpc) is 1.94. The van der Waals surface area contributed by atoms with Crippen molar-refractivity contribution >= 4 is 11.6 Å². The molecule has 1 nitrogen and oxygen atoms in total. The van der Waals surface area contributed by atoms with E-state index >= 15 is 0 Å². The van der Waals surface area contributed by atoms with Crippen LogP contribution in [0.1, 0.15) is 33.1 Å². The highest BCUT2D eigenvalue weighted by molar-refractivity contribution is 6.30. The Bertz CT molecular complexity index is 232. The summed E-state index contributed by atoms with van der Waals surface area (Å²) in [6.45, 7) is 4.35. The van der Waals surface area contributed by atoms with E-state index in [1.165, 1.54) is 0 Å². The van der Waals surface area contributed by atoms with Crippen molar-refractivity contribution in [2.45, 2.75) is 33.1 Å². The largest absolute Gasteiger partial charge is 0.193 e. The second-order valence-electron chi connectivity index (χ2n) is 3.84. The first kappa shape index (κ1) is 8.62. The molecular formula is C9H12ClN. The number of hydrogen-bond acceptors (Lipinski definition) is 1. The average molecular weight is 170 g/mol. The highest BCUT2D eigenvalue weighted by atomic mass is 35.5. The lowest BCUT2D eigenvalue weighted by atomic mass is 9.77. The van der Waals surface area contributed by atoms with Crippen molar-refractivity contribution in [3.05, 3.63) is 10.6 Å². The number of hydrogen-bond donors (Lipinski definition) is 0. The van der Waals surface area contributed by atoms with Gasteiger partial charge in [-0.15, -0.1) is 0 Å². The molecule has 0 saturated heterocycles. The summed E-state index contributed by atoms with van der Waals surface area (Å²) in [6.07, 6.45) is 2.80. The predicted molar refractivity (Wildman–Crippen MR) is 46.1 cm³/mol. The number of nitrogens with zero attached hydrogens (tertiary/aromatic N) is 1. The minimum Gasteiger partial charge on any atom is -0.193 e. The van der Waals surface area contributed by atoms with Crippen molar-refractivity contribution in [3.8, 4) is 6.07 Å². The van der Waals surface area contributed by atoms with Crippen LogP contribution in [-0.4, -0.2) is 0 Å². The minimum atomic E-state index is 0.267. The predicted octanol–water partition coefficient (Wildman–Crippen LogP) is 3.21. The molecule has 1 rings (SSSR count). The Labute approximate surface area is 72.7 Å². The summed E-state index contributed by atoms with van der Waals surface area (Å²) < 4.78 is 0. The molecular weight excluding hydrogens is 158 g/mol. The molecule has 0 radical (unpaired) electrons. The maximum atomic E-state index is 8.70. The third-order valence-corrected chi connectivity index (χ3v) is 2.56. The fourth-order valence-corrected chi connectivity index (χ4v) is 1.57. The molecule has 0 bridgehead atoms. The molecule has 0 aromatic heterocycles. The van der Waals surface area contributed by atoms with E-state index in [0.717, 1.165) is 29.9 Å². The molecule has 60 valence electrons. The van der Waals surface area contributed by atoms with E-state index in [2.05, 4.69) is 19.9 Å². The zero-order valence-electron chi connectivity index (χ0n) is 6.95. The molecule has 0 aromatic carbocycles. The van der Waals surface area contributed by atoms with Gasteiger partial charge in [-0.25, -0.2) is 0 Å². The molecule has 0 amide bonds. The molecule has 0 aromatic rings. The van der Waals surface area contributed by atoms with Crippen LogP contribution in [0.4, 0.5) is 0 Å². The van der Waals surface area contributed by atoms with E-state index in [9.17, 15) is 0 Å². The first-order chi connectivity index (χ1) is 5.05. The standard InChI is InChI=1S/C9H12ClN/c1-9(2)4-3-8(10)7(5-9)6-11/h3-5H2,1-2H3. The van der Waals surface area contributed by atoms with E-state index in [4.69, 9.17) is 16.9 Å². The van der Waals surface area contributed by atoms with Crippen LogP contribution in [0.15, 0.2) is 10.6 Å². The van der Waals surface area contributed by atoms with Crippen LogP contribution >= 0.6 is 11.6 Å². The first-order valence-electron chi connectivity index (χ1n) is 3.83. The molecule has 0 N–H and O–H groups in total. The first-order valence-corrected chi connectivity index (χ1v) is 4.20. The number of nitriles is 1. The fourth-order valence-electron chi connectivity index (χ4n) is 1.36. The lowest BCUT2D eigenvalue weighted by Crippen LogP contribution is -2.16. The maximum absolute atomic E-state index is 8.70. The summed E-state index contributed by atoms with van der Waals surface area (Å²) >= 11 is 5.87. The zero-order valence-corrected chi connectivity index (χ0v) is 7.70. The van der Waals surface area contributed by atoms with E-state index in [1.807, 2.05) is 0 Å². The van der Waals surface area contributed by atoms with Gasteiger partial charge in [-0.3, -0.25) is 0 Å². The summed E-state index contributed by atoms with van der Waals surface area (Å²) in [4.78, 5) is 0. The lowest BCUT2D eigenvalue weighted by Gasteiger charge is -2.28. The summed E-state index contributed by atoms with van der Waals surface area (Å²) in [7, 11) is 0. The third-order valence-electron chi connectivity index (χ3n) is 2.14. The van der Waals surface area contributed by atoms with Gasteiger partial charge < -0.3 is 0 Å². The van der Waals surface area contributed by atoms with Gasteiger partial charge in [-0.05, 0) is 24.7 Å². The minimum absolute atomic E-state index is 0.267. The fraction of sp³-hybridized carbons (Fsp3) is 0.667. The van der Waals surface area contributed by atoms with Crippen LogP contribution in [-0.2, 0) is 0 Å². The molecule has 0 fully saturated rings. The van der Waals surface area contributed by atoms with E-state index in [0.29, 0.717) is 0 Å². The van der Waals surface area contributed by atoms with E-state index in [-0.39, 0.29) is 5.41 Å². The van der Waals surface area contributed by atoms with Gasteiger partial charge in [0.05, 0.1) is 6.07 Å². The Morgan fingerprint density at radius 3 is 2.64 bits per heavy atom. The molecule has 2 heteroatoms. The summed E-state index contributed by atoms with van der Waals surface area (Å²) in [5.41, 5.74) is 1.05. The highest BCUT2D eigenvalue weighted by Gasteiger charge is 2.26. The third kappa shape index (κ3) is 1.97. The number of rotatable bonds is 0. The van der Waals surface area contributed by atoms with Crippen LogP contribution in [0, 0.1) is 16.7 Å². The number of halogens is 1. The Hall–Kier alpha value is -0.480. The monoisotopic (exact) mass is 169 g/mol. The van der Waals surface area contributed by atoms with E-state index in [1.54, 1.807) is 0 Å². The second kappa shape index (κ2) is 2.87. The molecule has 0 unspecified atom stereocenters. The summed E-state index contributed by atoms with van der Waals surface area (Å²) in [6, 6.07) is 2.16. The van der Waals surface area contributed by atoms with Gasteiger partial charge in [0.25, 0.3) is 0 Å².